The molecule has 2 aromatic carbocycles. The molecule has 0 radical (unpaired) electrons. The van der Waals surface area contributed by atoms with Gasteiger partial charge in [0.05, 0.1) is 30.0 Å². The van der Waals surface area contributed by atoms with Crippen molar-refractivity contribution in [2.75, 3.05) is 6.61 Å². The van der Waals surface area contributed by atoms with Gasteiger partial charge >= 0.3 is 18.4 Å². The molecule has 13 heteroatoms. The molecule has 2 heterocycles. The Morgan fingerprint density at radius 2 is 1.82 bits per heavy atom. The van der Waals surface area contributed by atoms with Crippen molar-refractivity contribution in [3.8, 4) is 22.9 Å². The molecule has 1 unspecified atom stereocenters. The molecule has 45 heavy (non-hydrogen) atoms. The molecule has 0 amide bonds. The highest BCUT2D eigenvalue weighted by Gasteiger charge is 2.44. The number of fused-ring (bicyclic) bond motifs is 2. The first-order valence-corrected chi connectivity index (χ1v) is 15.1. The van der Waals surface area contributed by atoms with Crippen molar-refractivity contribution in [1.82, 2.24) is 9.78 Å². The fourth-order valence-corrected chi connectivity index (χ4v) is 6.30. The maximum absolute atomic E-state index is 14.2. The van der Waals surface area contributed by atoms with Crippen LogP contribution in [-0.2, 0) is 26.9 Å². The fourth-order valence-electron chi connectivity index (χ4n) is 6.30. The van der Waals surface area contributed by atoms with E-state index in [4.69, 9.17) is 14.2 Å². The summed E-state index contributed by atoms with van der Waals surface area (Å²) < 4.78 is 97.5. The van der Waals surface area contributed by atoms with E-state index in [0.717, 1.165) is 0 Å². The van der Waals surface area contributed by atoms with Crippen molar-refractivity contribution in [3.63, 3.8) is 0 Å². The Kier molecular flexibility index (Phi) is 8.40. The Labute approximate surface area is 256 Å². The first-order chi connectivity index (χ1) is 21.4. The molecule has 0 saturated heterocycles. The first-order valence-electron chi connectivity index (χ1n) is 15.1. The van der Waals surface area contributed by atoms with Gasteiger partial charge in [0.25, 0.3) is 0 Å². The Morgan fingerprint density at radius 1 is 1.07 bits per heavy atom. The lowest BCUT2D eigenvalue weighted by molar-refractivity contribution is -0.286. The molecule has 0 bridgehead atoms. The van der Waals surface area contributed by atoms with E-state index in [1.807, 2.05) is 0 Å². The van der Waals surface area contributed by atoms with Gasteiger partial charge in [-0.2, -0.15) is 18.3 Å². The van der Waals surface area contributed by atoms with Gasteiger partial charge < -0.3 is 23.7 Å². The number of alkyl halides is 5. The van der Waals surface area contributed by atoms with E-state index < -0.39 is 30.4 Å². The van der Waals surface area contributed by atoms with Gasteiger partial charge in [-0.25, -0.2) is 4.68 Å². The topological polar surface area (TPSA) is 81.0 Å². The quantitative estimate of drug-likeness (QED) is 0.184. The summed E-state index contributed by atoms with van der Waals surface area (Å²) in [7, 11) is 0. The number of hydrogen-bond acceptors (Lipinski definition) is 7. The summed E-state index contributed by atoms with van der Waals surface area (Å²) in [6.45, 7) is 3.79. The van der Waals surface area contributed by atoms with Crippen LogP contribution in [0.1, 0.15) is 87.1 Å². The van der Waals surface area contributed by atoms with Crippen molar-refractivity contribution >= 4 is 5.97 Å². The predicted octanol–water partition coefficient (Wildman–Crippen LogP) is 7.87. The van der Waals surface area contributed by atoms with E-state index in [9.17, 15) is 26.7 Å². The number of halogens is 5. The van der Waals surface area contributed by atoms with Gasteiger partial charge in [0.15, 0.2) is 17.2 Å². The number of carbonyl (C=O) groups is 1. The first kappa shape index (κ1) is 31.1. The van der Waals surface area contributed by atoms with E-state index in [1.54, 1.807) is 44.2 Å². The molecule has 3 aromatic rings. The number of hydrogen-bond donors (Lipinski definition) is 0. The number of nitrogens with zero attached hydrogens (tertiary/aromatic N) is 2. The number of rotatable bonds is 8. The normalized spacial score (nSPS) is 22.9. The maximum atomic E-state index is 14.2. The summed E-state index contributed by atoms with van der Waals surface area (Å²) in [5, 5.41) is 4.06. The zero-order valence-electron chi connectivity index (χ0n) is 24.7. The van der Waals surface area contributed by atoms with Gasteiger partial charge in [-0.3, -0.25) is 4.79 Å². The Morgan fingerprint density at radius 3 is 2.56 bits per heavy atom. The molecule has 1 aromatic heterocycles. The summed E-state index contributed by atoms with van der Waals surface area (Å²) in [4.78, 5) is 12.2. The molecule has 0 N–H and O–H groups in total. The van der Waals surface area contributed by atoms with E-state index >= 15 is 0 Å². The molecule has 6 rings (SSSR count). The minimum Gasteiger partial charge on any atom is -0.486 e. The van der Waals surface area contributed by atoms with Gasteiger partial charge in [-0.05, 0) is 88.6 Å². The van der Waals surface area contributed by atoms with Gasteiger partial charge in [-0.1, -0.05) is 12.1 Å². The van der Waals surface area contributed by atoms with E-state index in [0.29, 0.717) is 67.8 Å². The van der Waals surface area contributed by atoms with Crippen LogP contribution in [0.3, 0.4) is 0 Å². The van der Waals surface area contributed by atoms with Crippen LogP contribution in [0.2, 0.25) is 0 Å². The van der Waals surface area contributed by atoms with Crippen LogP contribution in [-0.4, -0.2) is 34.8 Å². The highest BCUT2D eigenvalue weighted by molar-refractivity contribution is 5.72. The summed E-state index contributed by atoms with van der Waals surface area (Å²) in [5.74, 6) is -0.292. The average molecular weight is 637 g/mol. The monoisotopic (exact) mass is 636 g/mol. The fraction of sp³-hybridized carbons (Fsp3) is 0.500. The molecule has 1 fully saturated rings. The van der Waals surface area contributed by atoms with Crippen molar-refractivity contribution in [1.29, 1.82) is 0 Å². The second kappa shape index (κ2) is 12.1. The van der Waals surface area contributed by atoms with Crippen LogP contribution < -0.4 is 14.2 Å². The standard InChI is InChI=1S/C32H33F5N2O6/c1-3-41-30(40)19-10-13-22(14-11-19)43-26-9-5-8-24-28(26)39(38-29(24)31(33,34)35)21-6-4-7-23(17-21)42-18(2)20-12-15-25-27(16-20)45-32(36,37)44-25/h4,6-7,12,15-19,22,26H,3,5,8-11,13-14H2,1-2H3/t18-,19?,22?,26?/m1/s1. The van der Waals surface area contributed by atoms with E-state index in [-0.39, 0.29) is 41.5 Å². The third-order valence-electron chi connectivity index (χ3n) is 8.41. The van der Waals surface area contributed by atoms with E-state index in [2.05, 4.69) is 14.6 Å². The number of esters is 1. The zero-order chi connectivity index (χ0) is 31.9. The average Bonchev–Trinajstić information content (AvgIpc) is 3.54. The highest BCUT2D eigenvalue weighted by Crippen LogP contribution is 2.44. The van der Waals surface area contributed by atoms with Gasteiger partial charge in [0.2, 0.25) is 0 Å². The molecular weight excluding hydrogens is 603 g/mol. The minimum atomic E-state index is -4.66. The molecule has 0 spiro atoms. The van der Waals surface area contributed by atoms with Crippen LogP contribution in [0.5, 0.6) is 17.2 Å². The van der Waals surface area contributed by atoms with Crippen LogP contribution in [0.25, 0.3) is 5.69 Å². The van der Waals surface area contributed by atoms with Crippen molar-refractivity contribution in [3.05, 3.63) is 65.0 Å². The Hall–Kier alpha value is -3.87. The smallest absolute Gasteiger partial charge is 0.486 e. The summed E-state index contributed by atoms with van der Waals surface area (Å²) in [6.07, 6.45) is -6.18. The number of benzene rings is 2. The van der Waals surface area contributed by atoms with Crippen LogP contribution >= 0.6 is 0 Å². The Balaban J connectivity index is 1.24. The molecule has 242 valence electrons. The highest BCUT2D eigenvalue weighted by atomic mass is 19.4. The lowest BCUT2D eigenvalue weighted by Gasteiger charge is -2.33. The largest absolute Gasteiger partial charge is 0.586 e. The van der Waals surface area contributed by atoms with Crippen LogP contribution in [0.4, 0.5) is 22.0 Å². The molecule has 3 aliphatic rings. The molecule has 8 nitrogen and oxygen atoms in total. The van der Waals surface area contributed by atoms with Gasteiger partial charge in [0, 0.05) is 11.6 Å². The number of aromatic nitrogens is 2. The lowest BCUT2D eigenvalue weighted by atomic mass is 9.86. The SMILES string of the molecule is CCOC(=O)C1CCC(OC2CCCc3c(C(F)(F)F)nn(-c4cccc(O[C@H](C)c5ccc6c(c5)OC(F)(F)O6)c4)c32)CC1. The third kappa shape index (κ3) is 6.58. The van der Waals surface area contributed by atoms with Crippen molar-refractivity contribution < 1.29 is 50.4 Å². The van der Waals surface area contributed by atoms with Gasteiger partial charge in [-0.15, -0.1) is 8.78 Å². The van der Waals surface area contributed by atoms with Crippen LogP contribution in [0.15, 0.2) is 42.5 Å². The molecule has 2 aliphatic carbocycles. The zero-order valence-corrected chi connectivity index (χ0v) is 24.7. The van der Waals surface area contributed by atoms with E-state index in [1.165, 1.54) is 16.8 Å². The van der Waals surface area contributed by atoms with Crippen molar-refractivity contribution in [2.24, 2.45) is 5.92 Å². The third-order valence-corrected chi connectivity index (χ3v) is 8.41. The van der Waals surface area contributed by atoms with Crippen LogP contribution in [0, 0.1) is 5.92 Å². The summed E-state index contributed by atoms with van der Waals surface area (Å²) in [5.41, 5.74) is 0.438. The summed E-state index contributed by atoms with van der Waals surface area (Å²) in [6, 6.07) is 10.9. The lowest BCUT2D eigenvalue weighted by Crippen LogP contribution is -2.29. The number of ether oxygens (including phenoxy) is 5. The predicted molar refractivity (Wildman–Crippen MR) is 149 cm³/mol. The molecule has 2 atom stereocenters. The van der Waals surface area contributed by atoms with Gasteiger partial charge in [0.1, 0.15) is 18.0 Å². The van der Waals surface area contributed by atoms with Crippen molar-refractivity contribution in [2.45, 2.75) is 89.6 Å². The molecule has 1 saturated carbocycles. The minimum absolute atomic E-state index is 0.0920. The second-order valence-corrected chi connectivity index (χ2v) is 11.5. The second-order valence-electron chi connectivity index (χ2n) is 11.5. The maximum Gasteiger partial charge on any atom is 0.586 e. The molecule has 1 aliphatic heterocycles. The molecular formula is C32H33F5N2O6. The number of carbonyl (C=O) groups excluding carboxylic acids is 1. The Bertz CT molecular complexity index is 1550. The summed E-state index contributed by atoms with van der Waals surface area (Å²) >= 11 is 0.